The van der Waals surface area contributed by atoms with Crippen molar-refractivity contribution in [3.8, 4) is 5.75 Å². The smallest absolute Gasteiger partial charge is 0.124 e. The zero-order valence-corrected chi connectivity index (χ0v) is 11.7. The summed E-state index contributed by atoms with van der Waals surface area (Å²) in [4.78, 5) is 10.7. The van der Waals surface area contributed by atoms with Crippen LogP contribution >= 0.6 is 0 Å². The fourth-order valence-electron chi connectivity index (χ4n) is 2.90. The first kappa shape index (κ1) is 13.1. The van der Waals surface area contributed by atoms with Crippen molar-refractivity contribution in [1.82, 2.24) is 0 Å². The second-order valence-electron chi connectivity index (χ2n) is 6.67. The number of aromatic hydroxyl groups is 1. The second-order valence-corrected chi connectivity index (χ2v) is 6.67. The molecule has 0 saturated heterocycles. The molecule has 2 rings (SSSR count). The van der Waals surface area contributed by atoms with Crippen molar-refractivity contribution in [1.29, 1.82) is 0 Å². The molecule has 1 aliphatic carbocycles. The topological polar surface area (TPSA) is 37.3 Å². The Morgan fingerprint density at radius 1 is 1.11 bits per heavy atom. The number of carbonyl (C=O) groups excluding carboxylic acids is 1. The molecular formula is C16H22O2. The molecule has 0 atom stereocenters. The highest BCUT2D eigenvalue weighted by molar-refractivity contribution is 5.60. The summed E-state index contributed by atoms with van der Waals surface area (Å²) < 4.78 is 0. The van der Waals surface area contributed by atoms with E-state index < -0.39 is 0 Å². The van der Waals surface area contributed by atoms with Crippen LogP contribution in [0.1, 0.15) is 57.2 Å². The van der Waals surface area contributed by atoms with Crippen LogP contribution in [0.25, 0.3) is 0 Å². The Labute approximate surface area is 109 Å². The first-order valence-electron chi connectivity index (χ1n) is 6.58. The van der Waals surface area contributed by atoms with Gasteiger partial charge in [0.05, 0.1) is 0 Å². The molecule has 0 radical (unpaired) electrons. The van der Waals surface area contributed by atoms with E-state index in [9.17, 15) is 9.90 Å². The number of hydrogen-bond acceptors (Lipinski definition) is 2. The maximum absolute atomic E-state index is 10.7. The highest BCUT2D eigenvalue weighted by atomic mass is 16.3. The Bertz CT molecular complexity index is 484. The largest absolute Gasteiger partial charge is 0.508 e. The highest BCUT2D eigenvalue weighted by Crippen LogP contribution is 2.47. The third kappa shape index (κ3) is 2.05. The fraction of sp³-hybridized carbons (Fsp3) is 0.562. The Balaban J connectivity index is 2.64. The van der Waals surface area contributed by atoms with Crippen molar-refractivity contribution in [3.05, 3.63) is 28.8 Å². The van der Waals surface area contributed by atoms with Gasteiger partial charge in [-0.1, -0.05) is 33.8 Å². The standard InChI is InChI=1S/C16H22O2/c1-15(2)6-7-16(3,4)13-10-14(18)11(5-8-17)9-12(13)15/h8-10,18H,5-7H2,1-4H3. The van der Waals surface area contributed by atoms with Crippen LogP contribution in [-0.4, -0.2) is 11.4 Å². The molecule has 0 aromatic heterocycles. The van der Waals surface area contributed by atoms with E-state index in [1.54, 1.807) is 0 Å². The van der Waals surface area contributed by atoms with Crippen LogP contribution in [0.5, 0.6) is 5.75 Å². The quantitative estimate of drug-likeness (QED) is 0.811. The lowest BCUT2D eigenvalue weighted by atomic mass is 9.63. The minimum atomic E-state index is 0.0992. The van der Waals surface area contributed by atoms with Crippen LogP contribution in [0.4, 0.5) is 0 Å². The molecule has 0 saturated carbocycles. The maximum Gasteiger partial charge on any atom is 0.124 e. The number of phenolic OH excluding ortho intramolecular Hbond substituents is 1. The van der Waals surface area contributed by atoms with Crippen molar-refractivity contribution < 1.29 is 9.90 Å². The number of fused-ring (bicyclic) bond motifs is 1. The Kier molecular flexibility index (Phi) is 3.00. The summed E-state index contributed by atoms with van der Waals surface area (Å²) in [6, 6.07) is 3.90. The summed E-state index contributed by atoms with van der Waals surface area (Å²) in [7, 11) is 0. The van der Waals surface area contributed by atoms with Crippen LogP contribution in [0.2, 0.25) is 0 Å². The minimum absolute atomic E-state index is 0.0992. The molecule has 0 amide bonds. The Morgan fingerprint density at radius 3 is 2.11 bits per heavy atom. The molecule has 1 aromatic rings. The zero-order valence-electron chi connectivity index (χ0n) is 11.7. The molecule has 0 unspecified atom stereocenters. The summed E-state index contributed by atoms with van der Waals surface area (Å²) in [5.41, 5.74) is 3.48. The first-order chi connectivity index (χ1) is 8.28. The van der Waals surface area contributed by atoms with Crippen molar-refractivity contribution in [2.24, 2.45) is 0 Å². The SMILES string of the molecule is CC1(C)CCC(C)(C)c2cc(CC=O)c(O)cc21. The molecule has 2 heteroatoms. The summed E-state index contributed by atoms with van der Waals surface area (Å²) in [5, 5.41) is 10.0. The molecule has 0 fully saturated rings. The van der Waals surface area contributed by atoms with Gasteiger partial charge in [0.25, 0.3) is 0 Å². The average Bonchev–Trinajstić information content (AvgIpc) is 2.27. The lowest BCUT2D eigenvalue weighted by Crippen LogP contribution is -2.33. The van der Waals surface area contributed by atoms with E-state index in [2.05, 4.69) is 27.7 Å². The fourth-order valence-corrected chi connectivity index (χ4v) is 2.90. The van der Waals surface area contributed by atoms with E-state index in [1.807, 2.05) is 12.1 Å². The molecule has 0 spiro atoms. The van der Waals surface area contributed by atoms with Crippen LogP contribution in [0.3, 0.4) is 0 Å². The second kappa shape index (κ2) is 4.11. The van der Waals surface area contributed by atoms with Crippen molar-refractivity contribution >= 4 is 6.29 Å². The van der Waals surface area contributed by atoms with E-state index in [1.165, 1.54) is 11.1 Å². The van der Waals surface area contributed by atoms with Gasteiger partial charge in [-0.25, -0.2) is 0 Å². The van der Waals surface area contributed by atoms with E-state index >= 15 is 0 Å². The molecule has 1 N–H and O–H groups in total. The predicted molar refractivity (Wildman–Crippen MR) is 73.2 cm³/mol. The number of rotatable bonds is 2. The Hall–Kier alpha value is -1.31. The van der Waals surface area contributed by atoms with Crippen LogP contribution < -0.4 is 0 Å². The lowest BCUT2D eigenvalue weighted by Gasteiger charge is -2.42. The van der Waals surface area contributed by atoms with E-state index in [0.29, 0.717) is 0 Å². The van der Waals surface area contributed by atoms with Gasteiger partial charge in [0.2, 0.25) is 0 Å². The number of phenols is 1. The molecule has 1 aliphatic rings. The van der Waals surface area contributed by atoms with E-state index in [4.69, 9.17) is 0 Å². The van der Waals surface area contributed by atoms with Gasteiger partial charge in [-0.2, -0.15) is 0 Å². The normalized spacial score (nSPS) is 20.2. The molecule has 0 bridgehead atoms. The van der Waals surface area contributed by atoms with Crippen LogP contribution in [0, 0.1) is 0 Å². The molecule has 1 aromatic carbocycles. The molecule has 98 valence electrons. The van der Waals surface area contributed by atoms with Gasteiger partial charge in [-0.15, -0.1) is 0 Å². The first-order valence-corrected chi connectivity index (χ1v) is 6.58. The summed E-state index contributed by atoms with van der Waals surface area (Å²) in [5.74, 6) is 0.256. The molecular weight excluding hydrogens is 224 g/mol. The molecule has 2 nitrogen and oxygen atoms in total. The maximum atomic E-state index is 10.7. The number of aldehydes is 1. The third-order valence-electron chi connectivity index (χ3n) is 4.36. The van der Waals surface area contributed by atoms with Gasteiger partial charge in [0.1, 0.15) is 12.0 Å². The Morgan fingerprint density at radius 2 is 1.61 bits per heavy atom. The van der Waals surface area contributed by atoms with Crippen LogP contribution in [0.15, 0.2) is 12.1 Å². The van der Waals surface area contributed by atoms with Gasteiger partial charge >= 0.3 is 0 Å². The van der Waals surface area contributed by atoms with Crippen molar-refractivity contribution in [3.63, 3.8) is 0 Å². The summed E-state index contributed by atoms with van der Waals surface area (Å²) in [6.45, 7) is 8.92. The molecule has 18 heavy (non-hydrogen) atoms. The van der Waals surface area contributed by atoms with Crippen molar-refractivity contribution in [2.45, 2.75) is 57.8 Å². The van der Waals surface area contributed by atoms with Gasteiger partial charge in [0.15, 0.2) is 0 Å². The summed E-state index contributed by atoms with van der Waals surface area (Å²) >= 11 is 0. The highest BCUT2D eigenvalue weighted by Gasteiger charge is 2.37. The number of carbonyl (C=O) groups is 1. The monoisotopic (exact) mass is 246 g/mol. The third-order valence-corrected chi connectivity index (χ3v) is 4.36. The van der Waals surface area contributed by atoms with E-state index in [-0.39, 0.29) is 23.0 Å². The van der Waals surface area contributed by atoms with Gasteiger partial charge in [-0.3, -0.25) is 0 Å². The van der Waals surface area contributed by atoms with E-state index in [0.717, 1.165) is 24.7 Å². The lowest BCUT2D eigenvalue weighted by molar-refractivity contribution is -0.107. The molecule has 0 heterocycles. The molecule has 0 aliphatic heterocycles. The summed E-state index contributed by atoms with van der Waals surface area (Å²) in [6.07, 6.45) is 3.40. The number of benzene rings is 1. The van der Waals surface area contributed by atoms with Gasteiger partial charge in [-0.05, 0) is 40.9 Å². The van der Waals surface area contributed by atoms with Gasteiger partial charge in [0, 0.05) is 12.0 Å². The number of hydrogen-bond donors (Lipinski definition) is 1. The zero-order chi connectivity index (χ0) is 13.6. The average molecular weight is 246 g/mol. The van der Waals surface area contributed by atoms with Crippen molar-refractivity contribution in [2.75, 3.05) is 0 Å². The predicted octanol–water partition coefficient (Wildman–Crippen LogP) is 3.48. The van der Waals surface area contributed by atoms with Crippen LogP contribution in [-0.2, 0) is 22.0 Å². The minimum Gasteiger partial charge on any atom is -0.508 e. The van der Waals surface area contributed by atoms with Gasteiger partial charge < -0.3 is 9.90 Å².